The standard InChI is InChI=1S/C25H33Cl2N3O4S/c1-6-23(25(32)28-4)29(16-19-9-10-20(26)15-22(19)27)24(31)8-7-11-30(35(5,33)34)21-13-17(2)12-18(3)14-21/h9-10,12-15,23H,6-8,11,16H2,1-5H3,(H,28,32). The number of sulfonamides is 1. The zero-order chi connectivity index (χ0) is 26.3. The van der Waals surface area contributed by atoms with E-state index in [9.17, 15) is 18.0 Å². The fraction of sp³-hybridized carbons (Fsp3) is 0.440. The van der Waals surface area contributed by atoms with Gasteiger partial charge in [-0.15, -0.1) is 0 Å². The monoisotopic (exact) mass is 541 g/mol. The highest BCUT2D eigenvalue weighted by Gasteiger charge is 2.28. The molecular weight excluding hydrogens is 509 g/mol. The van der Waals surface area contributed by atoms with Crippen molar-refractivity contribution < 1.29 is 18.0 Å². The molecule has 0 fully saturated rings. The Bertz CT molecular complexity index is 1150. The first-order chi connectivity index (χ1) is 16.4. The highest BCUT2D eigenvalue weighted by atomic mass is 35.5. The Kier molecular flexibility index (Phi) is 10.4. The fourth-order valence-corrected chi connectivity index (χ4v) is 5.44. The Morgan fingerprint density at radius 3 is 2.20 bits per heavy atom. The van der Waals surface area contributed by atoms with Gasteiger partial charge in [0, 0.05) is 36.6 Å². The van der Waals surface area contributed by atoms with Crippen LogP contribution in [0.2, 0.25) is 10.0 Å². The largest absolute Gasteiger partial charge is 0.357 e. The molecule has 0 bridgehead atoms. The topological polar surface area (TPSA) is 86.8 Å². The van der Waals surface area contributed by atoms with Gasteiger partial charge < -0.3 is 10.2 Å². The summed E-state index contributed by atoms with van der Waals surface area (Å²) in [7, 11) is -2.03. The number of halogens is 2. The molecule has 0 aliphatic heterocycles. The molecule has 0 heterocycles. The molecule has 2 rings (SSSR count). The quantitative estimate of drug-likeness (QED) is 0.446. The van der Waals surface area contributed by atoms with Gasteiger partial charge >= 0.3 is 0 Å². The number of aryl methyl sites for hydroxylation is 2. The van der Waals surface area contributed by atoms with Crippen LogP contribution in [0.1, 0.15) is 42.9 Å². The van der Waals surface area contributed by atoms with Gasteiger partial charge in [-0.3, -0.25) is 13.9 Å². The normalized spacial score (nSPS) is 12.2. The highest BCUT2D eigenvalue weighted by molar-refractivity contribution is 7.92. The zero-order valence-corrected chi connectivity index (χ0v) is 23.1. The van der Waals surface area contributed by atoms with E-state index in [1.54, 1.807) is 18.2 Å². The number of benzene rings is 2. The molecule has 1 atom stereocenters. The molecular formula is C25H33Cl2N3O4S. The molecule has 35 heavy (non-hydrogen) atoms. The predicted molar refractivity (Wildman–Crippen MR) is 142 cm³/mol. The van der Waals surface area contributed by atoms with Crippen molar-refractivity contribution in [2.45, 2.75) is 52.6 Å². The van der Waals surface area contributed by atoms with Crippen LogP contribution < -0.4 is 9.62 Å². The highest BCUT2D eigenvalue weighted by Crippen LogP contribution is 2.25. The van der Waals surface area contributed by atoms with Gasteiger partial charge in [0.2, 0.25) is 21.8 Å². The lowest BCUT2D eigenvalue weighted by Gasteiger charge is -2.31. The number of hydrogen-bond donors (Lipinski definition) is 1. The molecule has 0 aliphatic carbocycles. The minimum absolute atomic E-state index is 0.0650. The lowest BCUT2D eigenvalue weighted by molar-refractivity contribution is -0.141. The van der Waals surface area contributed by atoms with Gasteiger partial charge in [-0.1, -0.05) is 42.3 Å². The minimum atomic E-state index is -3.55. The van der Waals surface area contributed by atoms with Crippen molar-refractivity contribution in [2.24, 2.45) is 0 Å². The van der Waals surface area contributed by atoms with Crippen molar-refractivity contribution in [3.8, 4) is 0 Å². The molecule has 2 amide bonds. The molecule has 192 valence electrons. The van der Waals surface area contributed by atoms with E-state index in [4.69, 9.17) is 23.2 Å². The van der Waals surface area contributed by atoms with Gasteiger partial charge in [-0.05, 0) is 67.6 Å². The van der Waals surface area contributed by atoms with Crippen LogP contribution in [0.5, 0.6) is 0 Å². The van der Waals surface area contributed by atoms with Crippen molar-refractivity contribution in [1.29, 1.82) is 0 Å². The lowest BCUT2D eigenvalue weighted by atomic mass is 10.1. The van der Waals surface area contributed by atoms with Gasteiger partial charge in [0.25, 0.3) is 0 Å². The molecule has 0 spiro atoms. The van der Waals surface area contributed by atoms with Crippen LogP contribution in [0.4, 0.5) is 5.69 Å². The maximum Gasteiger partial charge on any atom is 0.242 e. The molecule has 10 heteroatoms. The van der Waals surface area contributed by atoms with E-state index < -0.39 is 16.1 Å². The maximum absolute atomic E-state index is 13.3. The first-order valence-corrected chi connectivity index (χ1v) is 14.0. The van der Waals surface area contributed by atoms with Crippen molar-refractivity contribution >= 4 is 50.7 Å². The number of nitrogens with zero attached hydrogens (tertiary/aromatic N) is 2. The molecule has 2 aromatic carbocycles. The van der Waals surface area contributed by atoms with E-state index in [0.717, 1.165) is 17.4 Å². The van der Waals surface area contributed by atoms with Crippen LogP contribution in [0.3, 0.4) is 0 Å². The minimum Gasteiger partial charge on any atom is -0.357 e. The summed E-state index contributed by atoms with van der Waals surface area (Å²) in [5.74, 6) is -0.542. The van der Waals surface area contributed by atoms with Crippen LogP contribution in [-0.4, -0.2) is 51.0 Å². The summed E-state index contributed by atoms with van der Waals surface area (Å²) < 4.78 is 26.3. The first kappa shape index (κ1) is 28.9. The average molecular weight is 543 g/mol. The molecule has 0 saturated heterocycles. The van der Waals surface area contributed by atoms with E-state index in [1.165, 1.54) is 16.3 Å². The summed E-state index contributed by atoms with van der Waals surface area (Å²) in [4.78, 5) is 27.4. The van der Waals surface area contributed by atoms with Gasteiger partial charge in [0.1, 0.15) is 6.04 Å². The average Bonchev–Trinajstić information content (AvgIpc) is 2.75. The third-order valence-electron chi connectivity index (χ3n) is 5.63. The van der Waals surface area contributed by atoms with Gasteiger partial charge in [-0.2, -0.15) is 0 Å². The fourth-order valence-electron chi connectivity index (χ4n) is 4.02. The number of amides is 2. The molecule has 0 aliphatic rings. The summed E-state index contributed by atoms with van der Waals surface area (Å²) in [6, 6.07) is 9.90. The molecule has 0 radical (unpaired) electrons. The predicted octanol–water partition coefficient (Wildman–Crippen LogP) is 4.71. The molecule has 0 aromatic heterocycles. The van der Waals surface area contributed by atoms with Gasteiger partial charge in [-0.25, -0.2) is 8.42 Å². The summed E-state index contributed by atoms with van der Waals surface area (Å²) in [5, 5.41) is 3.49. The van der Waals surface area contributed by atoms with Crippen LogP contribution >= 0.6 is 23.2 Å². The number of carbonyl (C=O) groups is 2. The number of hydrogen-bond acceptors (Lipinski definition) is 4. The molecule has 1 unspecified atom stereocenters. The summed E-state index contributed by atoms with van der Waals surface area (Å²) in [5.41, 5.74) is 3.14. The van der Waals surface area contributed by atoms with Crippen LogP contribution in [0.15, 0.2) is 36.4 Å². The van der Waals surface area contributed by atoms with E-state index in [1.807, 2.05) is 39.0 Å². The van der Waals surface area contributed by atoms with Crippen LogP contribution in [0.25, 0.3) is 0 Å². The van der Waals surface area contributed by atoms with E-state index in [-0.39, 0.29) is 37.7 Å². The van der Waals surface area contributed by atoms with E-state index in [2.05, 4.69) is 5.32 Å². The molecule has 0 saturated carbocycles. The van der Waals surface area contributed by atoms with Crippen LogP contribution in [-0.2, 0) is 26.2 Å². The maximum atomic E-state index is 13.3. The SMILES string of the molecule is CCC(C(=O)NC)N(Cc1ccc(Cl)cc1Cl)C(=O)CCCN(c1cc(C)cc(C)c1)S(C)(=O)=O. The van der Waals surface area contributed by atoms with Crippen molar-refractivity contribution in [1.82, 2.24) is 10.2 Å². The number of rotatable bonds is 11. The first-order valence-electron chi connectivity index (χ1n) is 11.4. The lowest BCUT2D eigenvalue weighted by Crippen LogP contribution is -2.48. The summed E-state index contributed by atoms with van der Waals surface area (Å²) in [6.45, 7) is 5.91. The Morgan fingerprint density at radius 2 is 1.69 bits per heavy atom. The van der Waals surface area contributed by atoms with E-state index in [0.29, 0.717) is 27.7 Å². The Morgan fingerprint density at radius 1 is 1.06 bits per heavy atom. The molecule has 7 nitrogen and oxygen atoms in total. The number of likely N-dealkylation sites (N-methyl/N-ethyl adjacent to an activating group) is 1. The third-order valence-corrected chi connectivity index (χ3v) is 7.42. The number of anilines is 1. The summed E-state index contributed by atoms with van der Waals surface area (Å²) in [6.07, 6.45) is 1.91. The Labute approximate surface area is 218 Å². The zero-order valence-electron chi connectivity index (χ0n) is 20.8. The second kappa shape index (κ2) is 12.6. The number of nitrogens with one attached hydrogen (secondary N) is 1. The van der Waals surface area contributed by atoms with Crippen molar-refractivity contribution in [3.05, 3.63) is 63.1 Å². The molecule has 2 aromatic rings. The van der Waals surface area contributed by atoms with Gasteiger partial charge in [0.15, 0.2) is 0 Å². The smallest absolute Gasteiger partial charge is 0.242 e. The Hall–Kier alpha value is -2.29. The molecule has 1 N–H and O–H groups in total. The second-order valence-corrected chi connectivity index (χ2v) is 11.3. The van der Waals surface area contributed by atoms with Crippen molar-refractivity contribution in [2.75, 3.05) is 24.2 Å². The van der Waals surface area contributed by atoms with Crippen molar-refractivity contribution in [3.63, 3.8) is 0 Å². The Balaban J connectivity index is 2.25. The van der Waals surface area contributed by atoms with Gasteiger partial charge in [0.05, 0.1) is 11.9 Å². The van der Waals surface area contributed by atoms with Crippen LogP contribution in [0, 0.1) is 13.8 Å². The third kappa shape index (κ3) is 8.12. The second-order valence-electron chi connectivity index (χ2n) is 8.58. The summed E-state index contributed by atoms with van der Waals surface area (Å²) >= 11 is 12.3. The number of carbonyl (C=O) groups excluding carboxylic acids is 2. The van der Waals surface area contributed by atoms with E-state index >= 15 is 0 Å².